The van der Waals surface area contributed by atoms with Crippen LogP contribution in [-0.4, -0.2) is 82.7 Å². The largest absolute Gasteiger partial charge is 0.396 e. The average Bonchev–Trinajstić information content (AvgIpc) is 3.18. The van der Waals surface area contributed by atoms with E-state index in [-0.39, 0.29) is 24.3 Å². The lowest BCUT2D eigenvalue weighted by Crippen LogP contribution is -2.56. The van der Waals surface area contributed by atoms with Crippen molar-refractivity contribution in [2.45, 2.75) is 77.0 Å². The Morgan fingerprint density at radius 3 is 2.42 bits per heavy atom. The third-order valence-corrected chi connectivity index (χ3v) is 9.10. The lowest BCUT2D eigenvalue weighted by Gasteiger charge is -2.37. The lowest BCUT2D eigenvalue weighted by atomic mass is 9.74. The Labute approximate surface area is 237 Å². The van der Waals surface area contributed by atoms with Crippen molar-refractivity contribution in [3.8, 4) is 0 Å². The first kappa shape index (κ1) is 28.6. The van der Waals surface area contributed by atoms with Crippen molar-refractivity contribution in [3.63, 3.8) is 0 Å². The second-order valence-corrected chi connectivity index (χ2v) is 12.0. The molecule has 5 rings (SSSR count). The van der Waals surface area contributed by atoms with E-state index in [4.69, 9.17) is 4.74 Å². The van der Waals surface area contributed by atoms with Gasteiger partial charge in [-0.1, -0.05) is 56.2 Å². The number of nitrogens with zero attached hydrogens (tertiary/aromatic N) is 3. The topological polar surface area (TPSA) is 90.4 Å². The van der Waals surface area contributed by atoms with E-state index in [9.17, 15) is 19.5 Å². The molecule has 5 atom stereocenters. The molecule has 2 fully saturated rings. The molecule has 1 aromatic rings. The third-order valence-electron chi connectivity index (χ3n) is 9.10. The van der Waals surface area contributed by atoms with Gasteiger partial charge in [-0.15, -0.1) is 0 Å². The molecule has 3 amide bonds. The molecule has 1 unspecified atom stereocenters. The van der Waals surface area contributed by atoms with Crippen molar-refractivity contribution in [2.75, 3.05) is 37.7 Å². The van der Waals surface area contributed by atoms with Gasteiger partial charge in [0.1, 0.15) is 11.6 Å². The summed E-state index contributed by atoms with van der Waals surface area (Å²) in [5, 5.41) is 9.19. The first-order valence-electron chi connectivity index (χ1n) is 14.8. The highest BCUT2D eigenvalue weighted by molar-refractivity contribution is 6.06. The van der Waals surface area contributed by atoms with Gasteiger partial charge in [0, 0.05) is 38.5 Å². The maximum Gasteiger partial charge on any atom is 0.253 e. The summed E-state index contributed by atoms with van der Waals surface area (Å²) in [4.78, 5) is 48.4. The second-order valence-electron chi connectivity index (χ2n) is 12.0. The first-order chi connectivity index (χ1) is 19.2. The molecule has 4 aliphatic heterocycles. The summed E-state index contributed by atoms with van der Waals surface area (Å²) < 4.78 is 6.92. The van der Waals surface area contributed by atoms with Crippen LogP contribution in [0.1, 0.15) is 57.1 Å². The molecule has 0 saturated carbocycles. The monoisotopic (exact) mass is 549 g/mol. The predicted octanol–water partition coefficient (Wildman–Crippen LogP) is 3.54. The highest BCUT2D eigenvalue weighted by Crippen LogP contribution is 2.57. The van der Waals surface area contributed by atoms with Crippen LogP contribution in [0.3, 0.4) is 0 Å². The van der Waals surface area contributed by atoms with Gasteiger partial charge >= 0.3 is 0 Å². The summed E-state index contributed by atoms with van der Waals surface area (Å²) >= 11 is 0. The molecule has 0 aliphatic carbocycles. The number of carbonyl (C=O) groups is 3. The van der Waals surface area contributed by atoms with E-state index in [1.807, 2.05) is 75.1 Å². The highest BCUT2D eigenvalue weighted by atomic mass is 16.5. The molecule has 0 aromatic heterocycles. The quantitative estimate of drug-likeness (QED) is 0.376. The fraction of sp³-hybridized carbons (Fsp3) is 0.594. The average molecular weight is 550 g/mol. The van der Waals surface area contributed by atoms with Crippen LogP contribution in [0.25, 0.3) is 0 Å². The third kappa shape index (κ3) is 4.59. The SMILES string of the molecule is CCCN1CC=C[C@]2(C)O[C@]34C=CCN(c5cc(C)ccc5C)C(=O)C3N(CCCCCCO)C(=O)[C@@H]4[C@@H]2C1=O. The number of carbonyl (C=O) groups excluding carboxylic acids is 3. The van der Waals surface area contributed by atoms with Gasteiger partial charge in [0.25, 0.3) is 5.91 Å². The van der Waals surface area contributed by atoms with Crippen molar-refractivity contribution in [3.05, 3.63) is 53.6 Å². The van der Waals surface area contributed by atoms with Crippen LogP contribution in [0, 0.1) is 25.7 Å². The minimum absolute atomic E-state index is 0.0791. The number of aliphatic hydroxyl groups excluding tert-OH is 1. The number of aliphatic hydroxyl groups is 1. The van der Waals surface area contributed by atoms with E-state index >= 15 is 0 Å². The molecule has 8 nitrogen and oxygen atoms in total. The van der Waals surface area contributed by atoms with Crippen LogP contribution in [0.5, 0.6) is 0 Å². The zero-order valence-corrected chi connectivity index (χ0v) is 24.3. The minimum atomic E-state index is -1.24. The summed E-state index contributed by atoms with van der Waals surface area (Å²) in [6, 6.07) is 5.19. The van der Waals surface area contributed by atoms with E-state index < -0.39 is 29.1 Å². The summed E-state index contributed by atoms with van der Waals surface area (Å²) in [7, 11) is 0. The highest BCUT2D eigenvalue weighted by Gasteiger charge is 2.74. The number of hydrogen-bond donors (Lipinski definition) is 1. The number of likely N-dealkylation sites (tertiary alicyclic amines) is 1. The minimum Gasteiger partial charge on any atom is -0.396 e. The molecule has 0 bridgehead atoms. The van der Waals surface area contributed by atoms with Crippen molar-refractivity contribution >= 4 is 23.4 Å². The fourth-order valence-corrected chi connectivity index (χ4v) is 7.26. The van der Waals surface area contributed by atoms with Gasteiger partial charge in [0.15, 0.2) is 0 Å². The molecule has 8 heteroatoms. The molecule has 1 spiro atoms. The molecule has 1 aromatic carbocycles. The Morgan fingerprint density at radius 1 is 0.925 bits per heavy atom. The Kier molecular flexibility index (Phi) is 7.94. The Balaban J connectivity index is 1.58. The van der Waals surface area contributed by atoms with Crippen molar-refractivity contribution < 1.29 is 24.2 Å². The zero-order valence-electron chi connectivity index (χ0n) is 24.3. The smallest absolute Gasteiger partial charge is 0.253 e. The van der Waals surface area contributed by atoms with Gasteiger partial charge in [-0.05, 0) is 57.2 Å². The molecular weight excluding hydrogens is 506 g/mol. The molecule has 1 N–H and O–H groups in total. The molecule has 4 aliphatic rings. The fourth-order valence-electron chi connectivity index (χ4n) is 7.26. The van der Waals surface area contributed by atoms with Crippen LogP contribution in [0.15, 0.2) is 42.5 Å². The summed E-state index contributed by atoms with van der Waals surface area (Å²) in [5.41, 5.74) is 0.632. The number of rotatable bonds is 9. The van der Waals surface area contributed by atoms with Crippen molar-refractivity contribution in [1.82, 2.24) is 9.80 Å². The molecule has 40 heavy (non-hydrogen) atoms. The molecular formula is C32H43N3O5. The Morgan fingerprint density at radius 2 is 1.68 bits per heavy atom. The summed E-state index contributed by atoms with van der Waals surface area (Å²) in [6.45, 7) is 9.94. The summed E-state index contributed by atoms with van der Waals surface area (Å²) in [5.74, 6) is -1.93. The van der Waals surface area contributed by atoms with Crippen LogP contribution in [-0.2, 0) is 19.1 Å². The first-order valence-corrected chi connectivity index (χ1v) is 14.8. The van der Waals surface area contributed by atoms with Gasteiger partial charge in [0.05, 0.1) is 17.4 Å². The van der Waals surface area contributed by atoms with E-state index in [2.05, 4.69) is 0 Å². The van der Waals surface area contributed by atoms with Crippen molar-refractivity contribution in [1.29, 1.82) is 0 Å². The van der Waals surface area contributed by atoms with E-state index in [0.717, 1.165) is 36.1 Å². The van der Waals surface area contributed by atoms with E-state index in [1.54, 1.807) is 9.80 Å². The number of unbranched alkanes of at least 4 members (excludes halogenated alkanes) is 3. The van der Waals surface area contributed by atoms with Crippen molar-refractivity contribution in [2.24, 2.45) is 11.8 Å². The molecule has 0 radical (unpaired) electrons. The van der Waals surface area contributed by atoms with Crippen LogP contribution < -0.4 is 4.90 Å². The predicted molar refractivity (Wildman–Crippen MR) is 154 cm³/mol. The van der Waals surface area contributed by atoms with Gasteiger partial charge in [0.2, 0.25) is 11.8 Å². The van der Waals surface area contributed by atoms with Crippen LogP contribution in [0.4, 0.5) is 5.69 Å². The van der Waals surface area contributed by atoms with Crippen LogP contribution in [0.2, 0.25) is 0 Å². The second kappa shape index (κ2) is 11.1. The van der Waals surface area contributed by atoms with Crippen LogP contribution >= 0.6 is 0 Å². The van der Waals surface area contributed by atoms with Gasteiger partial charge in [-0.2, -0.15) is 0 Å². The maximum atomic E-state index is 14.6. The van der Waals surface area contributed by atoms with E-state index in [0.29, 0.717) is 39.0 Å². The molecule has 4 heterocycles. The van der Waals surface area contributed by atoms with Gasteiger partial charge in [-0.3, -0.25) is 14.4 Å². The summed E-state index contributed by atoms with van der Waals surface area (Å²) in [6.07, 6.45) is 11.7. The Bertz CT molecular complexity index is 1230. The number of aryl methyl sites for hydroxylation is 2. The lowest BCUT2D eigenvalue weighted by molar-refractivity contribution is -0.148. The Hall–Kier alpha value is -2.97. The number of fused-ring (bicyclic) bond motifs is 2. The number of amides is 3. The molecule has 216 valence electrons. The number of benzene rings is 1. The molecule has 2 saturated heterocycles. The standard InChI is InChI=1S/C32H43N3O5/c1-5-16-33-17-10-14-31(4)25(28(33)37)26-29(38)35(18-8-6-7-9-20-36)27-30(39)34(19-11-15-32(26,27)40-31)24-21-22(2)12-13-23(24)3/h10-15,21,25-27,36H,5-9,16-20H2,1-4H3/t25-,26+,27?,31+,32+/m1/s1. The maximum absolute atomic E-state index is 14.6. The van der Waals surface area contributed by atoms with Gasteiger partial charge < -0.3 is 24.5 Å². The number of ether oxygens (including phenoxy) is 1. The normalized spacial score (nSPS) is 31.4. The number of anilines is 1. The van der Waals surface area contributed by atoms with Gasteiger partial charge in [-0.25, -0.2) is 0 Å². The number of hydrogen-bond acceptors (Lipinski definition) is 5. The zero-order chi connectivity index (χ0) is 28.7. The van der Waals surface area contributed by atoms with E-state index in [1.165, 1.54) is 0 Å².